The monoisotopic (exact) mass is 1390 g/mol. The second-order valence-corrected chi connectivity index (χ2v) is 28.5. The molecular weight excluding hydrogens is 1310 g/mol. The van der Waals surface area contributed by atoms with Crippen LogP contribution >= 0.6 is 0 Å². The second kappa shape index (κ2) is 25.7. The minimum absolute atomic E-state index is 0.411. The summed E-state index contributed by atoms with van der Waals surface area (Å²) < 4.78 is 41.6. The van der Waals surface area contributed by atoms with E-state index in [1.807, 2.05) is 115 Å². The smallest absolute Gasteiger partial charge is 0.168 e. The Kier molecular flexibility index (Phi) is 16.5. The van der Waals surface area contributed by atoms with Crippen LogP contribution in [0, 0.1) is 111 Å². The number of nitrogens with one attached hydrogen (secondary N) is 6. The Labute approximate surface area is 597 Å². The number of alkyl halides is 1. The van der Waals surface area contributed by atoms with Crippen molar-refractivity contribution in [3.8, 4) is 89.0 Å². The molecule has 0 radical (unpaired) electrons. The summed E-state index contributed by atoms with van der Waals surface area (Å²) in [6.07, 6.45) is 10.7. The number of benzene rings is 4. The quantitative estimate of drug-likeness (QED) is 0.0701. The average molecular weight is 1390 g/mol. The van der Waals surface area contributed by atoms with Crippen molar-refractivity contribution >= 4 is 44.1 Å². The number of aryl methyl sites for hydroxylation is 16. The minimum Gasteiger partial charge on any atom is -0.361 e. The number of aromatic nitrogens is 18. The van der Waals surface area contributed by atoms with Crippen molar-refractivity contribution in [1.29, 1.82) is 0 Å². The third-order valence-electron chi connectivity index (χ3n) is 20.9. The molecule has 23 nitrogen and oxygen atoms in total. The largest absolute Gasteiger partial charge is 0.361 e. The van der Waals surface area contributed by atoms with Gasteiger partial charge in [0, 0.05) is 102 Å². The summed E-state index contributed by atoms with van der Waals surface area (Å²) in [5.41, 5.74) is 33.3. The van der Waals surface area contributed by atoms with Gasteiger partial charge in [0.1, 0.15) is 46.3 Å². The molecule has 12 heterocycles. The van der Waals surface area contributed by atoms with E-state index < -0.39 is 5.67 Å². The molecule has 0 aliphatic heterocycles. The molecule has 0 spiro atoms. The van der Waals surface area contributed by atoms with Crippen molar-refractivity contribution in [2.45, 2.75) is 173 Å². The van der Waals surface area contributed by atoms with Crippen LogP contribution in [-0.4, -0.2) is 91.0 Å². The lowest BCUT2D eigenvalue weighted by atomic mass is 9.85. The standard InChI is InChI=1S/C21H23N5O.C20H20FN5O.C20H20N4O2.C19H18N4O/c1-10-18(11(2)25-24-10)16-8-15(19-12(3)26-27-13(19)4)9-17-20(16)23-21(22-17)14-6-5-7-14;1-9-16(10(2)25-24-9)14-7-13(17-11(3)26-27-12(17)4)8-15-18(14)23-19(22-15)20(21)5-6-20;1-9-17(11(3)25-23-9)14-7-15(18-10(2)24-26-12(18)4)19-16(8-14)21-20(22-19)13-5-6-13;1-10-5-6-20-11(2)17(10)15-7-14(8-16-19(15)22-9-21-16)18-12(3)23-24-13(18)4/h8-9,14H,5-7H2,1-4H3,(H,22,23)(H,24,25);7-8H,5-6H2,1-4H3,(H,22,23)(H,24,25);7-8,13H,5-6H2,1-4H3,(H,21,22);5-9H,1-4H3,(H,21,22). The van der Waals surface area contributed by atoms with E-state index in [0.717, 1.165) is 231 Å². The molecule has 3 aliphatic carbocycles. The van der Waals surface area contributed by atoms with Gasteiger partial charge in [-0.15, -0.1) is 0 Å². The molecule has 12 aromatic heterocycles. The third kappa shape index (κ3) is 11.8. The lowest BCUT2D eigenvalue weighted by Crippen LogP contribution is -2.10. The maximum Gasteiger partial charge on any atom is 0.168 e. The maximum atomic E-state index is 14.7. The van der Waals surface area contributed by atoms with Crippen molar-refractivity contribution in [2.24, 2.45) is 0 Å². The molecule has 24 heteroatoms. The molecule has 3 saturated carbocycles. The van der Waals surface area contributed by atoms with Crippen molar-refractivity contribution in [3.05, 3.63) is 176 Å². The van der Waals surface area contributed by atoms with Crippen LogP contribution in [0.1, 0.15) is 166 Å². The first-order valence-corrected chi connectivity index (χ1v) is 35.4. The summed E-state index contributed by atoms with van der Waals surface area (Å²) in [7, 11) is 0. The molecule has 0 atom stereocenters. The minimum atomic E-state index is -1.32. The summed E-state index contributed by atoms with van der Waals surface area (Å²) in [5, 5.41) is 35.4. The van der Waals surface area contributed by atoms with E-state index in [2.05, 4.69) is 137 Å². The van der Waals surface area contributed by atoms with Gasteiger partial charge in [0.05, 0.1) is 90.3 Å². The first-order valence-electron chi connectivity index (χ1n) is 35.4. The predicted molar refractivity (Wildman–Crippen MR) is 397 cm³/mol. The van der Waals surface area contributed by atoms with Gasteiger partial charge in [-0.05, 0) is 232 Å². The number of rotatable bonds is 11. The Hall–Kier alpha value is -11.7. The van der Waals surface area contributed by atoms with Gasteiger partial charge in [-0.25, -0.2) is 24.3 Å². The van der Waals surface area contributed by atoms with Gasteiger partial charge < -0.3 is 42.6 Å². The third-order valence-corrected chi connectivity index (χ3v) is 20.9. The number of fused-ring (bicyclic) bond motifs is 4. The number of pyridine rings is 1. The summed E-state index contributed by atoms with van der Waals surface area (Å²) in [5.74, 6) is 7.71. The lowest BCUT2D eigenvalue weighted by Gasteiger charge is -2.22. The van der Waals surface area contributed by atoms with E-state index in [1.165, 1.54) is 37.7 Å². The molecule has 528 valence electrons. The van der Waals surface area contributed by atoms with Crippen LogP contribution in [0.5, 0.6) is 0 Å². The molecule has 6 N–H and O–H groups in total. The molecule has 0 bridgehead atoms. The van der Waals surface area contributed by atoms with Crippen molar-refractivity contribution in [3.63, 3.8) is 0 Å². The molecule has 16 aromatic rings. The molecule has 3 fully saturated rings. The first-order chi connectivity index (χ1) is 50.0. The van der Waals surface area contributed by atoms with E-state index in [1.54, 1.807) is 6.33 Å². The lowest BCUT2D eigenvalue weighted by molar-refractivity contribution is 0.303. The second-order valence-electron chi connectivity index (χ2n) is 28.5. The van der Waals surface area contributed by atoms with Crippen LogP contribution in [0.2, 0.25) is 0 Å². The van der Waals surface area contributed by atoms with Gasteiger partial charge in [0.25, 0.3) is 0 Å². The SMILES string of the molecule is Cc1ccnc(C)c1-c1cc(-c2c(C)noc2C)cc2[nH]cnc12.Cc1n[nH]c(C)c1-c1cc(-c2c(C)noc2C)cc2[nH]c(C3(F)CC3)nc12.Cc1n[nH]c(C)c1-c1cc(-c2c(C)noc2C)cc2[nH]c(C3CCC3)nc12.Cc1noc(C)c1-c1cc(-c2c(C)noc2C)c2nc(C3CC3)[nH]c2c1. The zero-order valence-electron chi connectivity index (χ0n) is 61.2. The van der Waals surface area contributed by atoms with Crippen LogP contribution < -0.4 is 0 Å². The zero-order valence-corrected chi connectivity index (χ0v) is 61.2. The molecule has 0 saturated heterocycles. The average Bonchev–Trinajstić information content (AvgIpc) is 1.59. The number of halogens is 1. The van der Waals surface area contributed by atoms with Gasteiger partial charge in [-0.3, -0.25) is 15.2 Å². The topological polar surface area (TPSA) is 315 Å². The van der Waals surface area contributed by atoms with E-state index in [0.29, 0.717) is 30.5 Å². The maximum absolute atomic E-state index is 14.7. The highest BCUT2D eigenvalue weighted by atomic mass is 19.1. The Balaban J connectivity index is 0.000000107. The van der Waals surface area contributed by atoms with E-state index in [4.69, 9.17) is 32.6 Å². The van der Waals surface area contributed by atoms with Gasteiger partial charge in [0.2, 0.25) is 0 Å². The Morgan fingerprint density at radius 2 is 0.769 bits per heavy atom. The number of H-pyrrole nitrogens is 6. The Morgan fingerprint density at radius 3 is 1.13 bits per heavy atom. The summed E-state index contributed by atoms with van der Waals surface area (Å²) in [6, 6.07) is 19.0. The fourth-order valence-electron chi connectivity index (χ4n) is 15.2. The van der Waals surface area contributed by atoms with E-state index >= 15 is 0 Å². The van der Waals surface area contributed by atoms with Crippen LogP contribution in [0.3, 0.4) is 0 Å². The van der Waals surface area contributed by atoms with E-state index in [9.17, 15) is 4.39 Å². The number of imidazole rings is 4. The number of aromatic amines is 6. The molecule has 3 aliphatic rings. The fourth-order valence-corrected chi connectivity index (χ4v) is 15.2. The number of nitrogens with zero attached hydrogens (tertiary/aromatic N) is 12. The molecule has 19 rings (SSSR count). The molecule has 0 unspecified atom stereocenters. The predicted octanol–water partition coefficient (Wildman–Crippen LogP) is 19.4. The Morgan fingerprint density at radius 1 is 0.385 bits per heavy atom. The summed E-state index contributed by atoms with van der Waals surface area (Å²) in [4.78, 5) is 37.1. The summed E-state index contributed by atoms with van der Waals surface area (Å²) in [6.45, 7) is 31.6. The van der Waals surface area contributed by atoms with E-state index in [-0.39, 0.29) is 0 Å². The fraction of sp³-hybridized carbons (Fsp3) is 0.325. The highest BCUT2D eigenvalue weighted by molar-refractivity contribution is 6.01. The van der Waals surface area contributed by atoms with Gasteiger partial charge in [-0.2, -0.15) is 10.2 Å². The Bertz CT molecular complexity index is 5860. The normalized spacial score (nSPS) is 14.1. The van der Waals surface area contributed by atoms with Crippen molar-refractivity contribution in [2.75, 3.05) is 0 Å². The van der Waals surface area contributed by atoms with Crippen LogP contribution in [-0.2, 0) is 5.67 Å². The van der Waals surface area contributed by atoms with Gasteiger partial charge >= 0.3 is 0 Å². The van der Waals surface area contributed by atoms with Crippen molar-refractivity contribution in [1.82, 2.24) is 91.0 Å². The van der Waals surface area contributed by atoms with Gasteiger partial charge in [0.15, 0.2) is 5.67 Å². The summed E-state index contributed by atoms with van der Waals surface area (Å²) >= 11 is 0. The molecule has 104 heavy (non-hydrogen) atoms. The van der Waals surface area contributed by atoms with Gasteiger partial charge in [-0.1, -0.05) is 32.2 Å². The number of hydrogen-bond donors (Lipinski definition) is 6. The van der Waals surface area contributed by atoms with Crippen LogP contribution in [0.25, 0.3) is 133 Å². The highest BCUT2D eigenvalue weighted by Crippen LogP contribution is 2.50. The number of hydrogen-bond acceptors (Lipinski definition) is 17. The molecule has 4 aromatic carbocycles. The highest BCUT2D eigenvalue weighted by Gasteiger charge is 2.48. The van der Waals surface area contributed by atoms with Crippen molar-refractivity contribution < 1.29 is 27.0 Å². The molecular formula is C80H81FN18O5. The van der Waals surface area contributed by atoms with Crippen LogP contribution in [0.15, 0.2) is 89.7 Å². The van der Waals surface area contributed by atoms with Crippen LogP contribution in [0.4, 0.5) is 4.39 Å². The molecule has 0 amide bonds. The zero-order chi connectivity index (χ0) is 72.5. The first kappa shape index (κ1) is 66.8.